The summed E-state index contributed by atoms with van der Waals surface area (Å²) in [6.45, 7) is 0.703. The van der Waals surface area contributed by atoms with Crippen LogP contribution in [0.15, 0.2) is 54.6 Å². The molecular weight excluding hydrogens is 525 g/mol. The van der Waals surface area contributed by atoms with E-state index in [1.165, 1.54) is 4.90 Å². The molecule has 2 unspecified atom stereocenters. The third kappa shape index (κ3) is 3.78. The minimum Gasteiger partial charge on any atom is -0.342 e. The number of carbonyl (C=O) groups is 1. The topological polar surface area (TPSA) is 28.5 Å². The molecule has 208 valence electrons. The molecule has 9 heteroatoms. The largest absolute Gasteiger partial charge is 0.342 e. The Balaban J connectivity index is 1.53. The summed E-state index contributed by atoms with van der Waals surface area (Å²) in [7, 11) is 4.01. The van der Waals surface area contributed by atoms with Crippen molar-refractivity contribution in [3.8, 4) is 0 Å². The fourth-order valence-corrected chi connectivity index (χ4v) is 6.83. The smallest absolute Gasteiger partial charge is 0.260 e. The number of fused-ring (bicyclic) bond motifs is 3. The predicted octanol–water partition coefficient (Wildman–Crippen LogP) is 6.72. The molecule has 0 bridgehead atoms. The van der Waals surface area contributed by atoms with Crippen molar-refractivity contribution in [2.24, 2.45) is 0 Å². The van der Waals surface area contributed by atoms with Gasteiger partial charge in [0.05, 0.1) is 6.04 Å². The van der Waals surface area contributed by atoms with Crippen molar-refractivity contribution in [3.63, 3.8) is 0 Å². The van der Waals surface area contributed by atoms with Crippen molar-refractivity contribution >= 4 is 16.8 Å². The third-order valence-electron chi connectivity index (χ3n) is 8.85. The molecule has 0 N–H and O–H groups in total. The zero-order chi connectivity index (χ0) is 28.3. The first-order valence-corrected chi connectivity index (χ1v) is 13.3. The number of rotatable bonds is 3. The number of amides is 1. The molecule has 2 atom stereocenters. The summed E-state index contributed by atoms with van der Waals surface area (Å²) >= 11 is 0. The van der Waals surface area contributed by atoms with E-state index in [4.69, 9.17) is 0 Å². The van der Waals surface area contributed by atoms with E-state index >= 15 is 0 Å². The lowest BCUT2D eigenvalue weighted by atomic mass is 9.78. The number of para-hydroxylation sites is 1. The van der Waals surface area contributed by atoms with Crippen LogP contribution < -0.4 is 0 Å². The second-order valence-corrected chi connectivity index (χ2v) is 10.8. The van der Waals surface area contributed by atoms with Crippen molar-refractivity contribution in [1.29, 1.82) is 0 Å². The maximum Gasteiger partial charge on any atom is 0.260 e. The lowest BCUT2D eigenvalue weighted by Crippen LogP contribution is -2.47. The highest BCUT2D eigenvalue weighted by molar-refractivity contribution is 5.96. The van der Waals surface area contributed by atoms with Crippen molar-refractivity contribution < 1.29 is 26.7 Å². The van der Waals surface area contributed by atoms with Gasteiger partial charge < -0.3 is 9.47 Å². The molecule has 2 aliphatic heterocycles. The summed E-state index contributed by atoms with van der Waals surface area (Å²) < 4.78 is 73.8. The first-order valence-electron chi connectivity index (χ1n) is 13.3. The van der Waals surface area contributed by atoms with Crippen molar-refractivity contribution in [2.45, 2.75) is 43.8 Å². The second-order valence-electron chi connectivity index (χ2n) is 10.8. The molecule has 4 aromatic rings. The van der Waals surface area contributed by atoms with E-state index in [1.807, 2.05) is 56.6 Å². The van der Waals surface area contributed by atoms with Crippen LogP contribution in [-0.4, -0.2) is 40.9 Å². The average Bonchev–Trinajstić information content (AvgIpc) is 3.27. The quantitative estimate of drug-likeness (QED) is 0.160. The molecule has 0 saturated carbocycles. The maximum atomic E-state index is 14.8. The van der Waals surface area contributed by atoms with E-state index < -0.39 is 52.1 Å². The van der Waals surface area contributed by atoms with Gasteiger partial charge in [0.25, 0.3) is 5.91 Å². The van der Waals surface area contributed by atoms with Gasteiger partial charge in [0.2, 0.25) is 5.82 Å². The predicted molar refractivity (Wildman–Crippen MR) is 141 cm³/mol. The van der Waals surface area contributed by atoms with Crippen LogP contribution >= 0.6 is 0 Å². The Hall–Kier alpha value is -3.72. The zero-order valence-electron chi connectivity index (χ0n) is 22.2. The number of benzene rings is 3. The fraction of sp³-hybridized carbons (Fsp3) is 0.323. The number of hydrogen-bond acceptors (Lipinski definition) is 2. The summed E-state index contributed by atoms with van der Waals surface area (Å²) in [6, 6.07) is 17.4. The van der Waals surface area contributed by atoms with E-state index in [1.54, 1.807) is 0 Å². The van der Waals surface area contributed by atoms with E-state index in [0.717, 1.165) is 34.1 Å². The van der Waals surface area contributed by atoms with E-state index in [2.05, 4.69) is 21.6 Å². The summed E-state index contributed by atoms with van der Waals surface area (Å²) in [5.74, 6) is -11.9. The van der Waals surface area contributed by atoms with Crippen molar-refractivity contribution in [3.05, 3.63) is 106 Å². The molecule has 1 amide bonds. The third-order valence-corrected chi connectivity index (χ3v) is 8.85. The van der Waals surface area contributed by atoms with E-state index in [0.29, 0.717) is 25.8 Å². The molecule has 3 heterocycles. The number of hydrogen-bond donors (Lipinski definition) is 0. The van der Waals surface area contributed by atoms with Gasteiger partial charge in [0.15, 0.2) is 23.3 Å². The summed E-state index contributed by atoms with van der Waals surface area (Å²) in [5, 5.41) is 1.04. The molecule has 2 aliphatic rings. The molecule has 0 spiro atoms. The number of halogens is 5. The van der Waals surface area contributed by atoms with Gasteiger partial charge in [-0.2, -0.15) is 0 Å². The molecule has 0 radical (unpaired) electrons. The van der Waals surface area contributed by atoms with Crippen LogP contribution in [-0.2, 0) is 18.5 Å². The van der Waals surface area contributed by atoms with E-state index in [-0.39, 0.29) is 6.54 Å². The Labute approximate surface area is 228 Å². The molecular formula is C31H28F5N3O. The zero-order valence-corrected chi connectivity index (χ0v) is 22.2. The molecule has 4 nitrogen and oxygen atoms in total. The van der Waals surface area contributed by atoms with Crippen LogP contribution in [0.5, 0.6) is 0 Å². The standard InChI is InChI=1S/C31H28F5N3O/c1-37(2)31(18-8-4-3-5-9-18)14-12-22-29-20(19-10-6-7-11-21(19)38(29)17-15-31)13-16-39(22)30(40)23-24(32)26(34)28(36)27(35)25(23)33/h3-11,22H,12-17H2,1-2H3. The van der Waals surface area contributed by atoms with Crippen LogP contribution in [0.2, 0.25) is 0 Å². The SMILES string of the molecule is CN(C)C1(c2ccccc2)CCC2c3c(c4ccccc4n3CC1)CCN2C(=O)c1c(F)c(F)c(F)c(F)c1F. The van der Waals surface area contributed by atoms with Gasteiger partial charge >= 0.3 is 0 Å². The second kappa shape index (κ2) is 9.73. The summed E-state index contributed by atoms with van der Waals surface area (Å²) in [5.41, 5.74) is 2.19. The Morgan fingerprint density at radius 1 is 0.825 bits per heavy atom. The van der Waals surface area contributed by atoms with Gasteiger partial charge in [-0.25, -0.2) is 22.0 Å². The molecule has 1 aromatic heterocycles. The van der Waals surface area contributed by atoms with Crippen LogP contribution in [0, 0.1) is 29.1 Å². The highest BCUT2D eigenvalue weighted by Gasteiger charge is 2.44. The number of nitrogens with zero attached hydrogens (tertiary/aromatic N) is 3. The van der Waals surface area contributed by atoms with Crippen molar-refractivity contribution in [2.75, 3.05) is 20.6 Å². The lowest BCUT2D eigenvalue weighted by Gasteiger charge is -2.46. The van der Waals surface area contributed by atoms with Gasteiger partial charge in [-0.15, -0.1) is 0 Å². The Morgan fingerprint density at radius 2 is 1.45 bits per heavy atom. The summed E-state index contributed by atoms with van der Waals surface area (Å²) in [4.78, 5) is 17.2. The first-order chi connectivity index (χ1) is 19.2. The molecule has 40 heavy (non-hydrogen) atoms. The number of aryl methyl sites for hydroxylation is 1. The average molecular weight is 554 g/mol. The molecule has 0 saturated heterocycles. The maximum absolute atomic E-state index is 14.8. The van der Waals surface area contributed by atoms with Gasteiger partial charge in [-0.05, 0) is 57.0 Å². The molecule has 3 aromatic carbocycles. The first kappa shape index (κ1) is 26.5. The monoisotopic (exact) mass is 553 g/mol. The highest BCUT2D eigenvalue weighted by atomic mass is 19.2. The lowest BCUT2D eigenvalue weighted by molar-refractivity contribution is 0.0528. The molecule has 0 aliphatic carbocycles. The van der Waals surface area contributed by atoms with Gasteiger partial charge in [-0.1, -0.05) is 48.5 Å². The Kier molecular flexibility index (Phi) is 6.45. The Morgan fingerprint density at radius 3 is 2.12 bits per heavy atom. The normalized spacial score (nSPS) is 20.9. The van der Waals surface area contributed by atoms with Crippen molar-refractivity contribution in [1.82, 2.24) is 14.4 Å². The van der Waals surface area contributed by atoms with Crippen LogP contribution in [0.4, 0.5) is 22.0 Å². The minimum absolute atomic E-state index is 0.0876. The van der Waals surface area contributed by atoms with Crippen LogP contribution in [0.1, 0.15) is 52.5 Å². The summed E-state index contributed by atoms with van der Waals surface area (Å²) in [6.07, 6.45) is 2.21. The number of aromatic nitrogens is 1. The molecule has 0 fully saturated rings. The number of carbonyl (C=O) groups excluding carboxylic acids is 1. The highest BCUT2D eigenvalue weighted by Crippen LogP contribution is 2.47. The fourth-order valence-electron chi connectivity index (χ4n) is 6.83. The van der Waals surface area contributed by atoms with Gasteiger partial charge in [-0.3, -0.25) is 9.69 Å². The van der Waals surface area contributed by atoms with Crippen LogP contribution in [0.25, 0.3) is 10.9 Å². The van der Waals surface area contributed by atoms with Gasteiger partial charge in [0.1, 0.15) is 5.56 Å². The minimum atomic E-state index is -2.28. The van der Waals surface area contributed by atoms with E-state index in [9.17, 15) is 26.7 Å². The van der Waals surface area contributed by atoms with Gasteiger partial charge in [0, 0.05) is 35.2 Å². The Bertz CT molecular complexity index is 1600. The van der Waals surface area contributed by atoms with Crippen LogP contribution in [0.3, 0.4) is 0 Å². The molecule has 6 rings (SSSR count).